The summed E-state index contributed by atoms with van der Waals surface area (Å²) in [6, 6.07) is 7.57. The molecule has 178 valence electrons. The minimum atomic E-state index is -0.737. The number of aliphatic carboxylic acids is 1. The van der Waals surface area contributed by atoms with Gasteiger partial charge in [0.1, 0.15) is 0 Å². The van der Waals surface area contributed by atoms with Gasteiger partial charge in [-0.1, -0.05) is 53.5 Å². The van der Waals surface area contributed by atoms with E-state index in [4.69, 9.17) is 10.6 Å². The molecule has 3 rings (SSSR count). The molecule has 0 amide bonds. The number of aliphatic hydroxyl groups is 2. The van der Waals surface area contributed by atoms with Gasteiger partial charge in [0.15, 0.2) is 0 Å². The van der Waals surface area contributed by atoms with E-state index in [1.807, 2.05) is 30.4 Å². The molecular formula is C26H35N3O4. The first-order chi connectivity index (χ1) is 16.0. The van der Waals surface area contributed by atoms with Crippen LogP contribution < -0.4 is 0 Å². The number of hydrogen-bond acceptors (Lipinski definition) is 4. The van der Waals surface area contributed by atoms with Crippen molar-refractivity contribution in [2.45, 2.75) is 76.4 Å². The molecule has 7 nitrogen and oxygen atoms in total. The number of benzene rings is 1. The molecule has 0 saturated heterocycles. The van der Waals surface area contributed by atoms with Gasteiger partial charge in [0.2, 0.25) is 0 Å². The molecule has 0 spiro atoms. The highest BCUT2D eigenvalue weighted by Gasteiger charge is 2.43. The van der Waals surface area contributed by atoms with Gasteiger partial charge in [-0.3, -0.25) is 4.79 Å². The van der Waals surface area contributed by atoms with E-state index in [0.717, 1.165) is 50.5 Å². The Bertz CT molecular complexity index is 907. The van der Waals surface area contributed by atoms with Gasteiger partial charge < -0.3 is 15.3 Å². The Kier molecular flexibility index (Phi) is 9.55. The zero-order chi connectivity index (χ0) is 23.6. The first-order valence-electron chi connectivity index (χ1n) is 12.1. The van der Waals surface area contributed by atoms with E-state index in [-0.39, 0.29) is 18.4 Å². The van der Waals surface area contributed by atoms with E-state index in [9.17, 15) is 15.0 Å². The minimum Gasteiger partial charge on any atom is -0.481 e. The van der Waals surface area contributed by atoms with Gasteiger partial charge in [-0.25, -0.2) is 0 Å². The highest BCUT2D eigenvalue weighted by Crippen LogP contribution is 2.48. The van der Waals surface area contributed by atoms with E-state index in [0.29, 0.717) is 30.4 Å². The van der Waals surface area contributed by atoms with Gasteiger partial charge in [-0.2, -0.15) is 0 Å². The Morgan fingerprint density at radius 1 is 1.24 bits per heavy atom. The van der Waals surface area contributed by atoms with Crippen molar-refractivity contribution in [1.29, 1.82) is 0 Å². The predicted molar refractivity (Wildman–Crippen MR) is 128 cm³/mol. The van der Waals surface area contributed by atoms with E-state index >= 15 is 0 Å². The number of hydrogen-bond donors (Lipinski definition) is 3. The van der Waals surface area contributed by atoms with Gasteiger partial charge in [0, 0.05) is 22.9 Å². The molecule has 2 aliphatic carbocycles. The zero-order valence-corrected chi connectivity index (χ0v) is 19.1. The lowest BCUT2D eigenvalue weighted by Crippen LogP contribution is -2.18. The molecule has 1 aromatic carbocycles. The van der Waals surface area contributed by atoms with Crippen LogP contribution in [0.4, 0.5) is 5.69 Å². The lowest BCUT2D eigenvalue weighted by Gasteiger charge is -2.19. The quantitative estimate of drug-likeness (QED) is 0.114. The number of aryl methyl sites for hydroxylation is 1. The Balaban J connectivity index is 1.39. The van der Waals surface area contributed by atoms with Gasteiger partial charge >= 0.3 is 5.97 Å². The van der Waals surface area contributed by atoms with Crippen molar-refractivity contribution in [3.63, 3.8) is 0 Å². The molecule has 33 heavy (non-hydrogen) atoms. The normalized spacial score (nSPS) is 25.0. The number of azide groups is 1. The van der Waals surface area contributed by atoms with Crippen LogP contribution in [-0.2, 0) is 11.2 Å². The SMILES string of the molecule is [N-]=[N+]=Nc1cccc(CCCC[C@H](O)/C=C/[C@@H]2[C@H]3CC(CCCCC(=O)O)=C[C@H]3C[C@H]2O)c1. The summed E-state index contributed by atoms with van der Waals surface area (Å²) in [6.45, 7) is 0. The molecule has 7 heteroatoms. The number of carbonyl (C=O) groups is 1. The first kappa shape index (κ1) is 25.0. The number of allylic oxidation sites excluding steroid dienone is 2. The molecule has 2 aliphatic rings. The lowest BCUT2D eigenvalue weighted by molar-refractivity contribution is -0.137. The first-order valence-corrected chi connectivity index (χ1v) is 12.1. The van der Waals surface area contributed by atoms with Crippen LogP contribution in [0.2, 0.25) is 0 Å². The van der Waals surface area contributed by atoms with Crippen LogP contribution >= 0.6 is 0 Å². The molecule has 0 aromatic heterocycles. The fourth-order valence-corrected chi connectivity index (χ4v) is 5.28. The highest BCUT2D eigenvalue weighted by molar-refractivity contribution is 5.66. The third-order valence-corrected chi connectivity index (χ3v) is 6.93. The van der Waals surface area contributed by atoms with Crippen LogP contribution in [0, 0.1) is 17.8 Å². The second-order valence-electron chi connectivity index (χ2n) is 9.40. The van der Waals surface area contributed by atoms with Crippen molar-refractivity contribution < 1.29 is 20.1 Å². The second kappa shape index (κ2) is 12.6. The molecule has 0 aliphatic heterocycles. The summed E-state index contributed by atoms with van der Waals surface area (Å²) < 4.78 is 0. The monoisotopic (exact) mass is 453 g/mol. The third-order valence-electron chi connectivity index (χ3n) is 6.93. The molecule has 0 heterocycles. The van der Waals surface area contributed by atoms with Gasteiger partial charge in [-0.15, -0.1) is 0 Å². The average Bonchev–Trinajstić information content (AvgIpc) is 3.29. The molecule has 1 saturated carbocycles. The van der Waals surface area contributed by atoms with Crippen LogP contribution in [0.3, 0.4) is 0 Å². The molecule has 0 unspecified atom stereocenters. The Labute approximate surface area is 195 Å². The van der Waals surface area contributed by atoms with Crippen molar-refractivity contribution in [3.8, 4) is 0 Å². The van der Waals surface area contributed by atoms with Gasteiger partial charge in [0.25, 0.3) is 0 Å². The number of carboxylic acids is 1. The molecule has 3 N–H and O–H groups in total. The molecule has 1 fully saturated rings. The summed E-state index contributed by atoms with van der Waals surface area (Å²) in [6.07, 6.45) is 13.2. The van der Waals surface area contributed by atoms with E-state index in [2.05, 4.69) is 16.1 Å². The van der Waals surface area contributed by atoms with Gasteiger partial charge in [0.05, 0.1) is 12.2 Å². The smallest absolute Gasteiger partial charge is 0.303 e. The molecule has 5 atom stereocenters. The maximum absolute atomic E-state index is 10.7. The summed E-state index contributed by atoms with van der Waals surface area (Å²) in [5.74, 6) is 0.114. The van der Waals surface area contributed by atoms with Crippen molar-refractivity contribution in [3.05, 3.63) is 64.1 Å². The molecule has 0 bridgehead atoms. The number of carboxylic acid groups (broad SMARTS) is 1. The summed E-state index contributed by atoms with van der Waals surface area (Å²) in [4.78, 5) is 13.5. The van der Waals surface area contributed by atoms with E-state index < -0.39 is 12.1 Å². The lowest BCUT2D eigenvalue weighted by atomic mass is 9.88. The van der Waals surface area contributed by atoms with Crippen LogP contribution in [0.1, 0.15) is 63.4 Å². The minimum absolute atomic E-state index is 0.0702. The van der Waals surface area contributed by atoms with Crippen molar-refractivity contribution in [2.75, 3.05) is 0 Å². The fourth-order valence-electron chi connectivity index (χ4n) is 5.28. The fraction of sp³-hybridized carbons (Fsp3) is 0.577. The summed E-state index contributed by atoms with van der Waals surface area (Å²) in [5, 5.41) is 33.3. The predicted octanol–water partition coefficient (Wildman–Crippen LogP) is 5.85. The van der Waals surface area contributed by atoms with E-state index in [1.165, 1.54) is 5.57 Å². The van der Waals surface area contributed by atoms with Crippen molar-refractivity contribution in [1.82, 2.24) is 0 Å². The molecule has 0 radical (unpaired) electrons. The Morgan fingerprint density at radius 3 is 2.85 bits per heavy atom. The van der Waals surface area contributed by atoms with Crippen LogP contribution in [0.5, 0.6) is 0 Å². The maximum atomic E-state index is 10.7. The van der Waals surface area contributed by atoms with Crippen LogP contribution in [0.15, 0.2) is 53.2 Å². The number of fused-ring (bicyclic) bond motifs is 1. The maximum Gasteiger partial charge on any atom is 0.303 e. The van der Waals surface area contributed by atoms with E-state index in [1.54, 1.807) is 6.07 Å². The Morgan fingerprint density at radius 2 is 2.06 bits per heavy atom. The van der Waals surface area contributed by atoms with Crippen molar-refractivity contribution in [2.24, 2.45) is 22.9 Å². The van der Waals surface area contributed by atoms with Gasteiger partial charge in [-0.05, 0) is 80.4 Å². The molecule has 1 aromatic rings. The Hall–Kier alpha value is -2.60. The summed E-state index contributed by atoms with van der Waals surface area (Å²) in [5.41, 5.74) is 11.7. The van der Waals surface area contributed by atoms with Crippen molar-refractivity contribution >= 4 is 11.7 Å². The number of rotatable bonds is 13. The highest BCUT2D eigenvalue weighted by atomic mass is 16.4. The van der Waals surface area contributed by atoms with Crippen LogP contribution in [0.25, 0.3) is 10.4 Å². The third kappa shape index (κ3) is 7.74. The zero-order valence-electron chi connectivity index (χ0n) is 19.1. The standard InChI is InChI=1S/C26H35N3O4/c27-29-28-21-9-5-8-18(15-21)6-1-3-10-22(30)12-13-23-24-16-19(7-2-4-11-26(32)33)14-20(24)17-25(23)31/h5,8-9,12-15,20,22-25,30-31H,1-4,6-7,10-11,16-17H2,(H,32,33)/b13-12+/t20-,22-,23+,24-,25+/m0/s1. The number of aliphatic hydroxyl groups excluding tert-OH is 2. The largest absolute Gasteiger partial charge is 0.481 e. The number of nitrogens with zero attached hydrogens (tertiary/aromatic N) is 3. The average molecular weight is 454 g/mol. The summed E-state index contributed by atoms with van der Waals surface area (Å²) in [7, 11) is 0. The summed E-state index contributed by atoms with van der Waals surface area (Å²) >= 11 is 0. The topological polar surface area (TPSA) is 127 Å². The molecular weight excluding hydrogens is 418 g/mol. The second-order valence-corrected chi connectivity index (χ2v) is 9.40. The number of unbranched alkanes of at least 4 members (excludes halogenated alkanes) is 2. The van der Waals surface area contributed by atoms with Crippen LogP contribution in [-0.4, -0.2) is 33.5 Å².